The van der Waals surface area contributed by atoms with E-state index in [4.69, 9.17) is 0 Å². The number of hydrogen-bond acceptors (Lipinski definition) is 1. The van der Waals surface area contributed by atoms with Crippen molar-refractivity contribution in [2.24, 2.45) is 0 Å². The molecule has 0 aliphatic carbocycles. The summed E-state index contributed by atoms with van der Waals surface area (Å²) in [6, 6.07) is 7.13. The average Bonchev–Trinajstić information content (AvgIpc) is 2.53. The average molecular weight is 224 g/mol. The third kappa shape index (κ3) is 1.69. The zero-order valence-electron chi connectivity index (χ0n) is 9.27. The quantitative estimate of drug-likeness (QED) is 0.824. The summed E-state index contributed by atoms with van der Waals surface area (Å²) in [4.78, 5) is 2.98. The van der Waals surface area contributed by atoms with Gasteiger partial charge < -0.3 is 10.3 Å². The Morgan fingerprint density at radius 2 is 2.00 bits per heavy atom. The summed E-state index contributed by atoms with van der Waals surface area (Å²) in [7, 11) is 1.53. The first-order chi connectivity index (χ1) is 7.56. The summed E-state index contributed by atoms with van der Waals surface area (Å²) < 4.78 is 27.8. The fourth-order valence-electron chi connectivity index (χ4n) is 2.06. The van der Waals surface area contributed by atoms with Crippen molar-refractivity contribution in [3.63, 3.8) is 0 Å². The Morgan fingerprint density at radius 3 is 2.69 bits per heavy atom. The summed E-state index contributed by atoms with van der Waals surface area (Å²) in [6.07, 6.45) is 0. The minimum atomic E-state index is -2.85. The van der Waals surface area contributed by atoms with E-state index < -0.39 is 5.92 Å². The highest BCUT2D eigenvalue weighted by Gasteiger charge is 2.35. The Kier molecular flexibility index (Phi) is 2.68. The number of likely N-dealkylation sites (N-methyl/N-ethyl adjacent to an activating group) is 1. The van der Waals surface area contributed by atoms with E-state index in [0.29, 0.717) is 11.1 Å². The van der Waals surface area contributed by atoms with Crippen molar-refractivity contribution in [1.29, 1.82) is 0 Å². The fourth-order valence-corrected chi connectivity index (χ4v) is 2.06. The topological polar surface area (TPSA) is 27.8 Å². The molecule has 1 aromatic carbocycles. The molecular formula is C12H14F2N2. The van der Waals surface area contributed by atoms with Crippen molar-refractivity contribution >= 4 is 10.9 Å². The van der Waals surface area contributed by atoms with Crippen LogP contribution in [0.1, 0.15) is 11.3 Å². The molecular weight excluding hydrogens is 210 g/mol. The minimum absolute atomic E-state index is 0.0949. The summed E-state index contributed by atoms with van der Waals surface area (Å²) in [5.41, 5.74) is 1.38. The van der Waals surface area contributed by atoms with E-state index >= 15 is 0 Å². The van der Waals surface area contributed by atoms with Crippen molar-refractivity contribution in [3.8, 4) is 0 Å². The molecule has 86 valence electrons. The van der Waals surface area contributed by atoms with Crippen LogP contribution in [0.4, 0.5) is 8.78 Å². The number of para-hydroxylation sites is 1. The smallest absolute Gasteiger partial charge is 0.287 e. The third-order valence-corrected chi connectivity index (χ3v) is 2.66. The summed E-state index contributed by atoms with van der Waals surface area (Å²) in [5.74, 6) is -2.85. The second kappa shape index (κ2) is 3.87. The zero-order valence-corrected chi connectivity index (χ0v) is 9.27. The maximum atomic E-state index is 13.9. The number of fused-ring (bicyclic) bond motifs is 1. The lowest BCUT2D eigenvalue weighted by Gasteiger charge is -2.16. The number of nitrogens with one attached hydrogen (secondary N) is 2. The van der Waals surface area contributed by atoms with Crippen LogP contribution in [0.5, 0.6) is 0 Å². The van der Waals surface area contributed by atoms with Crippen LogP contribution in [0, 0.1) is 6.92 Å². The van der Waals surface area contributed by atoms with Gasteiger partial charge in [0.15, 0.2) is 0 Å². The van der Waals surface area contributed by atoms with Gasteiger partial charge in [-0.3, -0.25) is 0 Å². The van der Waals surface area contributed by atoms with Crippen molar-refractivity contribution < 1.29 is 8.78 Å². The molecule has 0 amide bonds. The van der Waals surface area contributed by atoms with Crippen LogP contribution in [-0.4, -0.2) is 18.6 Å². The number of aromatic amines is 1. The number of rotatable bonds is 3. The highest BCUT2D eigenvalue weighted by atomic mass is 19.3. The van der Waals surface area contributed by atoms with Gasteiger partial charge in [0.25, 0.3) is 5.92 Å². The molecule has 2 aromatic rings. The molecule has 1 heterocycles. The molecule has 0 saturated heterocycles. The molecule has 0 saturated carbocycles. The number of hydrogen-bond donors (Lipinski definition) is 2. The molecule has 2 nitrogen and oxygen atoms in total. The van der Waals surface area contributed by atoms with Gasteiger partial charge >= 0.3 is 0 Å². The fraction of sp³-hybridized carbons (Fsp3) is 0.333. The van der Waals surface area contributed by atoms with Gasteiger partial charge in [-0.05, 0) is 20.0 Å². The normalized spacial score (nSPS) is 12.2. The first-order valence-electron chi connectivity index (χ1n) is 5.16. The summed E-state index contributed by atoms with van der Waals surface area (Å²) >= 11 is 0. The summed E-state index contributed by atoms with van der Waals surface area (Å²) in [6.45, 7) is 1.33. The molecule has 2 N–H and O–H groups in total. The van der Waals surface area contributed by atoms with E-state index in [9.17, 15) is 8.78 Å². The molecule has 0 fully saturated rings. The number of alkyl halides is 2. The molecule has 0 bridgehead atoms. The van der Waals surface area contributed by atoms with Crippen LogP contribution in [-0.2, 0) is 5.92 Å². The van der Waals surface area contributed by atoms with E-state index in [1.807, 2.05) is 6.07 Å². The molecule has 16 heavy (non-hydrogen) atoms. The lowest BCUT2D eigenvalue weighted by Crippen LogP contribution is -2.28. The van der Waals surface area contributed by atoms with Crippen LogP contribution in [0.25, 0.3) is 10.9 Å². The molecule has 1 aromatic heterocycles. The van der Waals surface area contributed by atoms with E-state index in [-0.39, 0.29) is 12.1 Å². The third-order valence-electron chi connectivity index (χ3n) is 2.66. The van der Waals surface area contributed by atoms with Gasteiger partial charge in [0.1, 0.15) is 0 Å². The standard InChI is InChI=1S/C12H14F2N2/c1-8-11(12(13,14)7-15-2)9-5-3-4-6-10(9)16-8/h3-6,15-16H,7H2,1-2H3. The van der Waals surface area contributed by atoms with E-state index in [1.165, 1.54) is 7.05 Å². The Bertz CT molecular complexity index is 503. The molecule has 0 unspecified atom stereocenters. The molecule has 0 aliphatic heterocycles. The predicted octanol–water partition coefficient (Wildman–Crippen LogP) is 2.79. The molecule has 4 heteroatoms. The zero-order chi connectivity index (χ0) is 11.8. The Hall–Kier alpha value is -1.42. The van der Waals surface area contributed by atoms with E-state index in [2.05, 4.69) is 10.3 Å². The number of aryl methyl sites for hydroxylation is 1. The molecule has 0 aliphatic rings. The number of halogens is 2. The van der Waals surface area contributed by atoms with Gasteiger partial charge in [-0.2, -0.15) is 8.78 Å². The number of aromatic nitrogens is 1. The van der Waals surface area contributed by atoms with Crippen molar-refractivity contribution in [1.82, 2.24) is 10.3 Å². The van der Waals surface area contributed by atoms with Crippen molar-refractivity contribution in [2.75, 3.05) is 13.6 Å². The number of H-pyrrole nitrogens is 1. The van der Waals surface area contributed by atoms with E-state index in [1.54, 1.807) is 25.1 Å². The van der Waals surface area contributed by atoms with Gasteiger partial charge in [0.2, 0.25) is 0 Å². The molecule has 0 spiro atoms. The van der Waals surface area contributed by atoms with Crippen LogP contribution in [0.15, 0.2) is 24.3 Å². The number of benzene rings is 1. The second-order valence-corrected chi connectivity index (χ2v) is 3.91. The maximum absolute atomic E-state index is 13.9. The highest BCUT2D eigenvalue weighted by molar-refractivity contribution is 5.85. The van der Waals surface area contributed by atoms with Crippen LogP contribution in [0.3, 0.4) is 0 Å². The maximum Gasteiger partial charge on any atom is 0.287 e. The van der Waals surface area contributed by atoms with Gasteiger partial charge in [0.05, 0.1) is 12.1 Å². The van der Waals surface area contributed by atoms with Crippen LogP contribution < -0.4 is 5.32 Å². The first kappa shape index (κ1) is 11.1. The molecule has 2 rings (SSSR count). The monoisotopic (exact) mass is 224 g/mol. The molecule has 0 radical (unpaired) electrons. The van der Waals surface area contributed by atoms with Gasteiger partial charge in [-0.25, -0.2) is 0 Å². The van der Waals surface area contributed by atoms with Crippen LogP contribution in [0.2, 0.25) is 0 Å². The SMILES string of the molecule is CNCC(F)(F)c1c(C)[nH]c2ccccc12. The Balaban J connectivity index is 2.63. The largest absolute Gasteiger partial charge is 0.358 e. The Morgan fingerprint density at radius 1 is 1.31 bits per heavy atom. The summed E-state index contributed by atoms with van der Waals surface area (Å²) in [5, 5.41) is 3.12. The predicted molar refractivity (Wildman–Crippen MR) is 60.9 cm³/mol. The first-order valence-corrected chi connectivity index (χ1v) is 5.16. The highest BCUT2D eigenvalue weighted by Crippen LogP contribution is 2.35. The van der Waals surface area contributed by atoms with Gasteiger partial charge in [-0.15, -0.1) is 0 Å². The van der Waals surface area contributed by atoms with Crippen LogP contribution >= 0.6 is 0 Å². The van der Waals surface area contributed by atoms with Crippen molar-refractivity contribution in [3.05, 3.63) is 35.5 Å². The minimum Gasteiger partial charge on any atom is -0.358 e. The van der Waals surface area contributed by atoms with Crippen molar-refractivity contribution in [2.45, 2.75) is 12.8 Å². The lowest BCUT2D eigenvalue weighted by molar-refractivity contribution is -0.000297. The van der Waals surface area contributed by atoms with E-state index in [0.717, 1.165) is 5.52 Å². The van der Waals surface area contributed by atoms with Gasteiger partial charge in [0, 0.05) is 16.6 Å². The van der Waals surface area contributed by atoms with Gasteiger partial charge in [-0.1, -0.05) is 18.2 Å². The molecule has 0 atom stereocenters. The Labute approximate surface area is 92.7 Å². The lowest BCUT2D eigenvalue weighted by atomic mass is 10.0. The second-order valence-electron chi connectivity index (χ2n) is 3.91.